The molecule has 4 aromatic rings. The van der Waals surface area contributed by atoms with Gasteiger partial charge in [-0.15, -0.1) is 0 Å². The van der Waals surface area contributed by atoms with Crippen molar-refractivity contribution in [1.29, 1.82) is 0 Å². The lowest BCUT2D eigenvalue weighted by Crippen LogP contribution is -2.29. The third kappa shape index (κ3) is 4.88. The number of carbonyl (C=O) groups excluding carboxylic acids is 1. The number of carbonyl (C=O) groups is 1. The van der Waals surface area contributed by atoms with Gasteiger partial charge in [-0.1, -0.05) is 72.3 Å². The number of hydrogen-bond donors (Lipinski definition) is 2. The van der Waals surface area contributed by atoms with Gasteiger partial charge in [0.15, 0.2) is 0 Å². The third-order valence-electron chi connectivity index (χ3n) is 7.39. The first-order valence-electron chi connectivity index (χ1n) is 12.9. The summed E-state index contributed by atoms with van der Waals surface area (Å²) in [6.07, 6.45) is 5.63. The van der Waals surface area contributed by atoms with E-state index < -0.39 is 0 Å². The van der Waals surface area contributed by atoms with Crippen molar-refractivity contribution in [3.05, 3.63) is 137 Å². The molecule has 0 spiro atoms. The van der Waals surface area contributed by atoms with Crippen LogP contribution in [0.5, 0.6) is 5.75 Å². The van der Waals surface area contributed by atoms with Gasteiger partial charge in [0.1, 0.15) is 12.4 Å². The van der Waals surface area contributed by atoms with Crippen LogP contribution in [0.2, 0.25) is 0 Å². The molecule has 1 amide bonds. The molecule has 4 heteroatoms. The van der Waals surface area contributed by atoms with E-state index in [1.165, 1.54) is 11.1 Å². The highest BCUT2D eigenvalue weighted by Crippen LogP contribution is 2.50. The van der Waals surface area contributed by atoms with E-state index in [-0.39, 0.29) is 11.9 Å². The Balaban J connectivity index is 1.18. The van der Waals surface area contributed by atoms with Crippen molar-refractivity contribution in [2.75, 3.05) is 10.6 Å². The van der Waals surface area contributed by atoms with Gasteiger partial charge in [-0.25, -0.2) is 0 Å². The predicted molar refractivity (Wildman–Crippen MR) is 149 cm³/mol. The number of aryl methyl sites for hydroxylation is 1. The molecule has 0 radical (unpaired) electrons. The molecule has 2 aliphatic rings. The molecule has 184 valence electrons. The second-order valence-electron chi connectivity index (χ2n) is 9.94. The molecular weight excluding hydrogens is 456 g/mol. The van der Waals surface area contributed by atoms with Gasteiger partial charge in [0.25, 0.3) is 5.91 Å². The lowest BCUT2D eigenvalue weighted by Gasteiger charge is -2.37. The molecule has 2 N–H and O–H groups in total. The minimum Gasteiger partial charge on any atom is -0.489 e. The number of rotatable bonds is 6. The minimum atomic E-state index is -0.0848. The molecule has 4 aromatic carbocycles. The van der Waals surface area contributed by atoms with Crippen molar-refractivity contribution < 1.29 is 9.53 Å². The number of hydrogen-bond acceptors (Lipinski definition) is 3. The van der Waals surface area contributed by atoms with Crippen LogP contribution < -0.4 is 15.4 Å². The van der Waals surface area contributed by atoms with Crippen LogP contribution in [0.3, 0.4) is 0 Å². The summed E-state index contributed by atoms with van der Waals surface area (Å²) in [5, 5.41) is 6.87. The van der Waals surface area contributed by atoms with E-state index in [2.05, 4.69) is 71.3 Å². The molecule has 3 unspecified atom stereocenters. The predicted octanol–water partition coefficient (Wildman–Crippen LogP) is 7.65. The van der Waals surface area contributed by atoms with Crippen molar-refractivity contribution in [2.45, 2.75) is 31.9 Å². The van der Waals surface area contributed by atoms with E-state index in [0.29, 0.717) is 24.0 Å². The van der Waals surface area contributed by atoms with Gasteiger partial charge in [0.2, 0.25) is 0 Å². The van der Waals surface area contributed by atoms with Crippen molar-refractivity contribution in [1.82, 2.24) is 0 Å². The van der Waals surface area contributed by atoms with Crippen LogP contribution in [-0.4, -0.2) is 5.91 Å². The van der Waals surface area contributed by atoms with E-state index in [4.69, 9.17) is 4.74 Å². The number of nitrogens with one attached hydrogen (secondary N) is 2. The van der Waals surface area contributed by atoms with Gasteiger partial charge in [0, 0.05) is 22.9 Å². The molecular formula is C33H30N2O2. The largest absolute Gasteiger partial charge is 0.489 e. The van der Waals surface area contributed by atoms with E-state index in [1.54, 1.807) is 0 Å². The van der Waals surface area contributed by atoms with Crippen LogP contribution in [0.4, 0.5) is 11.4 Å². The van der Waals surface area contributed by atoms with Crippen molar-refractivity contribution in [3.63, 3.8) is 0 Å². The van der Waals surface area contributed by atoms with Gasteiger partial charge < -0.3 is 15.4 Å². The molecule has 1 aliphatic heterocycles. The van der Waals surface area contributed by atoms with Gasteiger partial charge in [-0.3, -0.25) is 4.79 Å². The van der Waals surface area contributed by atoms with Gasteiger partial charge in [0.05, 0.1) is 6.04 Å². The Bertz CT molecular complexity index is 1440. The van der Waals surface area contributed by atoms with E-state index in [9.17, 15) is 4.79 Å². The normalized spacial score (nSPS) is 19.4. The standard InChI is InChI=1S/C33H30N2O2/c1-22-7-5-10-25(19-22)33(36)34-26-15-18-31-30(20-26)28-11-6-12-29(28)32(35-31)24-13-16-27(17-14-24)37-21-23-8-3-2-4-9-23/h2-11,13-20,28-29,32,35H,12,21H2,1H3,(H,34,36). The summed E-state index contributed by atoms with van der Waals surface area (Å²) in [5.74, 6) is 1.52. The Kier molecular flexibility index (Phi) is 6.23. The lowest BCUT2D eigenvalue weighted by molar-refractivity contribution is 0.102. The van der Waals surface area contributed by atoms with Crippen molar-refractivity contribution in [3.8, 4) is 5.75 Å². The Morgan fingerprint density at radius 1 is 0.946 bits per heavy atom. The molecule has 0 fully saturated rings. The fraction of sp³-hybridized carbons (Fsp3) is 0.182. The Hall–Kier alpha value is -4.31. The van der Waals surface area contributed by atoms with Crippen LogP contribution >= 0.6 is 0 Å². The molecule has 1 heterocycles. The summed E-state index contributed by atoms with van der Waals surface area (Å²) in [7, 11) is 0. The van der Waals surface area contributed by atoms with Gasteiger partial charge >= 0.3 is 0 Å². The zero-order valence-electron chi connectivity index (χ0n) is 20.9. The lowest BCUT2D eigenvalue weighted by atomic mass is 9.77. The molecule has 3 atom stereocenters. The zero-order chi connectivity index (χ0) is 25.2. The van der Waals surface area contributed by atoms with Crippen molar-refractivity contribution in [2.24, 2.45) is 5.92 Å². The average molecular weight is 487 g/mol. The maximum absolute atomic E-state index is 12.8. The van der Waals surface area contributed by atoms with E-state index in [0.717, 1.165) is 34.7 Å². The maximum Gasteiger partial charge on any atom is 0.255 e. The number of ether oxygens (including phenoxy) is 1. The second kappa shape index (κ2) is 9.98. The van der Waals surface area contributed by atoms with Crippen LogP contribution in [-0.2, 0) is 6.61 Å². The highest BCUT2D eigenvalue weighted by Gasteiger charge is 2.38. The molecule has 0 aromatic heterocycles. The number of benzene rings is 4. The van der Waals surface area contributed by atoms with Crippen LogP contribution in [0.1, 0.15) is 51.0 Å². The fourth-order valence-electron chi connectivity index (χ4n) is 5.50. The summed E-state index contributed by atoms with van der Waals surface area (Å²) in [4.78, 5) is 12.8. The Labute approximate surface area is 218 Å². The van der Waals surface area contributed by atoms with Crippen molar-refractivity contribution >= 4 is 17.3 Å². The molecule has 37 heavy (non-hydrogen) atoms. The van der Waals surface area contributed by atoms with Crippen LogP contribution in [0.25, 0.3) is 0 Å². The monoisotopic (exact) mass is 486 g/mol. The van der Waals surface area contributed by atoms with E-state index in [1.807, 2.05) is 55.5 Å². The highest BCUT2D eigenvalue weighted by atomic mass is 16.5. The molecule has 1 aliphatic carbocycles. The first kappa shape index (κ1) is 23.1. The summed E-state index contributed by atoms with van der Waals surface area (Å²) in [6.45, 7) is 2.56. The molecule has 0 bridgehead atoms. The number of fused-ring (bicyclic) bond motifs is 3. The Morgan fingerprint density at radius 2 is 1.78 bits per heavy atom. The molecule has 0 saturated carbocycles. The quantitative estimate of drug-likeness (QED) is 0.275. The third-order valence-corrected chi connectivity index (χ3v) is 7.39. The highest BCUT2D eigenvalue weighted by molar-refractivity contribution is 6.04. The molecule has 6 rings (SSSR count). The fourth-order valence-corrected chi connectivity index (χ4v) is 5.50. The Morgan fingerprint density at radius 3 is 2.59 bits per heavy atom. The summed E-state index contributed by atoms with van der Waals surface area (Å²) in [6, 6.07) is 32.8. The zero-order valence-corrected chi connectivity index (χ0v) is 20.9. The number of amides is 1. The molecule has 0 saturated heterocycles. The van der Waals surface area contributed by atoms with Crippen LogP contribution in [0, 0.1) is 12.8 Å². The molecule has 4 nitrogen and oxygen atoms in total. The summed E-state index contributed by atoms with van der Waals surface area (Å²) >= 11 is 0. The first-order valence-corrected chi connectivity index (χ1v) is 12.9. The topological polar surface area (TPSA) is 50.4 Å². The van der Waals surface area contributed by atoms with Crippen LogP contribution in [0.15, 0.2) is 109 Å². The van der Waals surface area contributed by atoms with E-state index >= 15 is 0 Å². The van der Waals surface area contributed by atoms with Gasteiger partial charge in [-0.2, -0.15) is 0 Å². The maximum atomic E-state index is 12.8. The second-order valence-corrected chi connectivity index (χ2v) is 9.94. The smallest absolute Gasteiger partial charge is 0.255 e. The SMILES string of the molecule is Cc1cccc(C(=O)Nc2ccc3c(c2)C2C=CCC2C(c2ccc(OCc4ccccc4)cc2)N3)c1. The first-order chi connectivity index (χ1) is 18.1. The minimum absolute atomic E-state index is 0.0848. The summed E-state index contributed by atoms with van der Waals surface area (Å²) < 4.78 is 5.99. The number of anilines is 2. The van der Waals surface area contributed by atoms with Gasteiger partial charge in [-0.05, 0) is 78.4 Å². The number of allylic oxidation sites excluding steroid dienone is 2. The average Bonchev–Trinajstić information content (AvgIpc) is 3.43. The summed E-state index contributed by atoms with van der Waals surface area (Å²) in [5.41, 5.74) is 7.34.